The predicted octanol–water partition coefficient (Wildman–Crippen LogP) is 8.90. The molecule has 5 heteroatoms. The highest BCUT2D eigenvalue weighted by molar-refractivity contribution is 7.85. The summed E-state index contributed by atoms with van der Waals surface area (Å²) in [6.45, 7) is 4.54. The SMILES string of the molecule is CCCCCCCCCCCCCCCCCC[C@H]1C[C@H]1CCO.Cc1ccc(S(=O)(=O)O)cc1. The molecule has 204 valence electrons. The average molecular weight is 511 g/mol. The van der Waals surface area contributed by atoms with Gasteiger partial charge in [-0.25, -0.2) is 0 Å². The van der Waals surface area contributed by atoms with Gasteiger partial charge in [-0.1, -0.05) is 134 Å². The minimum absolute atomic E-state index is 0.0666. The summed E-state index contributed by atoms with van der Waals surface area (Å²) in [4.78, 5) is -0.0666. The van der Waals surface area contributed by atoms with Crippen molar-refractivity contribution in [2.75, 3.05) is 6.61 Å². The van der Waals surface area contributed by atoms with Crippen molar-refractivity contribution in [1.82, 2.24) is 0 Å². The highest BCUT2D eigenvalue weighted by Gasteiger charge is 2.34. The van der Waals surface area contributed by atoms with Crippen LogP contribution in [0.1, 0.15) is 134 Å². The van der Waals surface area contributed by atoms with Crippen LogP contribution < -0.4 is 0 Å². The third kappa shape index (κ3) is 18.1. The molecule has 1 fully saturated rings. The molecule has 1 aromatic carbocycles. The molecule has 0 saturated heterocycles. The summed E-state index contributed by atoms with van der Waals surface area (Å²) >= 11 is 0. The fraction of sp³-hybridized carbons (Fsp3) is 0.800. The second kappa shape index (κ2) is 20.2. The smallest absolute Gasteiger partial charge is 0.294 e. The molecule has 1 aromatic rings. The number of unbranched alkanes of at least 4 members (excludes halogenated alkanes) is 15. The van der Waals surface area contributed by atoms with Crippen LogP contribution in [0.15, 0.2) is 29.2 Å². The summed E-state index contributed by atoms with van der Waals surface area (Å²) in [6.07, 6.45) is 27.2. The lowest BCUT2D eigenvalue weighted by atomic mass is 10.0. The van der Waals surface area contributed by atoms with E-state index in [9.17, 15) is 8.42 Å². The zero-order valence-corrected chi connectivity index (χ0v) is 23.5. The zero-order chi connectivity index (χ0) is 25.8. The van der Waals surface area contributed by atoms with E-state index in [1.165, 1.54) is 128 Å². The van der Waals surface area contributed by atoms with Crippen LogP contribution >= 0.6 is 0 Å². The van der Waals surface area contributed by atoms with Gasteiger partial charge in [0.25, 0.3) is 10.1 Å². The number of hydrogen-bond acceptors (Lipinski definition) is 3. The fourth-order valence-electron chi connectivity index (χ4n) is 4.85. The van der Waals surface area contributed by atoms with Gasteiger partial charge in [0, 0.05) is 6.61 Å². The van der Waals surface area contributed by atoms with Gasteiger partial charge in [0.2, 0.25) is 0 Å². The van der Waals surface area contributed by atoms with Gasteiger partial charge in [0.15, 0.2) is 0 Å². The molecule has 1 saturated carbocycles. The van der Waals surface area contributed by atoms with Crippen molar-refractivity contribution in [2.24, 2.45) is 11.8 Å². The van der Waals surface area contributed by atoms with Gasteiger partial charge in [0.1, 0.15) is 0 Å². The average Bonchev–Trinajstić information content (AvgIpc) is 3.57. The van der Waals surface area contributed by atoms with Crippen LogP contribution in [0.4, 0.5) is 0 Å². The van der Waals surface area contributed by atoms with Crippen molar-refractivity contribution >= 4 is 10.1 Å². The Morgan fingerprint density at radius 3 is 1.49 bits per heavy atom. The highest BCUT2D eigenvalue weighted by atomic mass is 32.2. The molecule has 1 aliphatic carbocycles. The Kier molecular flexibility index (Phi) is 18.5. The Labute approximate surface area is 217 Å². The Bertz CT molecular complexity index is 714. The summed E-state index contributed by atoms with van der Waals surface area (Å²) < 4.78 is 29.6. The molecule has 35 heavy (non-hydrogen) atoms. The van der Waals surface area contributed by atoms with E-state index < -0.39 is 10.1 Å². The molecule has 0 aliphatic heterocycles. The predicted molar refractivity (Wildman–Crippen MR) is 148 cm³/mol. The topological polar surface area (TPSA) is 74.6 Å². The van der Waals surface area contributed by atoms with Gasteiger partial charge in [-0.15, -0.1) is 0 Å². The van der Waals surface area contributed by atoms with Crippen molar-refractivity contribution in [3.63, 3.8) is 0 Å². The van der Waals surface area contributed by atoms with Crippen molar-refractivity contribution in [3.05, 3.63) is 29.8 Å². The van der Waals surface area contributed by atoms with E-state index in [4.69, 9.17) is 9.66 Å². The molecule has 0 aromatic heterocycles. The van der Waals surface area contributed by atoms with Crippen LogP contribution in [0.5, 0.6) is 0 Å². The summed E-state index contributed by atoms with van der Waals surface area (Å²) in [6, 6.07) is 5.99. The molecule has 0 amide bonds. The summed E-state index contributed by atoms with van der Waals surface area (Å²) in [5, 5.41) is 8.91. The third-order valence-corrected chi connectivity index (χ3v) is 8.18. The Balaban J connectivity index is 0.000000462. The first-order valence-electron chi connectivity index (χ1n) is 14.5. The molecule has 2 atom stereocenters. The second-order valence-electron chi connectivity index (χ2n) is 10.6. The Morgan fingerprint density at radius 2 is 1.09 bits per heavy atom. The molecule has 0 bridgehead atoms. The van der Waals surface area contributed by atoms with E-state index in [0.29, 0.717) is 6.61 Å². The molecule has 4 nitrogen and oxygen atoms in total. The van der Waals surface area contributed by atoms with Crippen LogP contribution in [-0.2, 0) is 10.1 Å². The molecule has 0 radical (unpaired) electrons. The minimum atomic E-state index is -4.02. The molecular weight excluding hydrogens is 456 g/mol. The lowest BCUT2D eigenvalue weighted by Gasteiger charge is -2.04. The van der Waals surface area contributed by atoms with E-state index >= 15 is 0 Å². The largest absolute Gasteiger partial charge is 0.396 e. The summed E-state index contributed by atoms with van der Waals surface area (Å²) in [5.74, 6) is 1.86. The monoisotopic (exact) mass is 510 g/mol. The minimum Gasteiger partial charge on any atom is -0.396 e. The van der Waals surface area contributed by atoms with Gasteiger partial charge in [-0.3, -0.25) is 4.55 Å². The van der Waals surface area contributed by atoms with E-state index in [2.05, 4.69) is 6.92 Å². The molecule has 2 rings (SSSR count). The lowest BCUT2D eigenvalue weighted by molar-refractivity contribution is 0.276. The molecule has 2 N–H and O–H groups in total. The third-order valence-electron chi connectivity index (χ3n) is 7.32. The zero-order valence-electron chi connectivity index (χ0n) is 22.7. The number of rotatable bonds is 20. The first-order valence-corrected chi connectivity index (χ1v) is 16.0. The number of hydrogen-bond donors (Lipinski definition) is 2. The Morgan fingerprint density at radius 1 is 0.686 bits per heavy atom. The number of aliphatic hydroxyl groups excluding tert-OH is 1. The standard InChI is InChI=1S/C23H46O.C7H8O3S/c1-2-3-4-5-6-7-8-9-10-11-12-13-14-15-16-17-18-22-21-23(22)19-20-24;1-6-2-4-7(5-3-6)11(8,9)10/h22-24H,2-21H2,1H3;2-5H,1H3,(H,8,9,10)/t22-,23+;/m0./s1. The van der Waals surface area contributed by atoms with Crippen LogP contribution in [0.2, 0.25) is 0 Å². The van der Waals surface area contributed by atoms with E-state index in [1.807, 2.05) is 6.92 Å². The first kappa shape index (κ1) is 32.1. The first-order chi connectivity index (χ1) is 16.9. The number of benzene rings is 1. The van der Waals surface area contributed by atoms with Crippen molar-refractivity contribution in [2.45, 2.75) is 141 Å². The number of aryl methyl sites for hydroxylation is 1. The Hall–Kier alpha value is -0.910. The van der Waals surface area contributed by atoms with Crippen LogP contribution in [0, 0.1) is 18.8 Å². The highest BCUT2D eigenvalue weighted by Crippen LogP contribution is 2.44. The summed E-state index contributed by atoms with van der Waals surface area (Å²) in [5.41, 5.74) is 0.956. The maximum atomic E-state index is 10.5. The lowest BCUT2D eigenvalue weighted by Crippen LogP contribution is -1.96. The quantitative estimate of drug-likeness (QED) is 0.136. The second-order valence-corrected chi connectivity index (χ2v) is 12.1. The molecular formula is C30H54O4S. The maximum Gasteiger partial charge on any atom is 0.294 e. The van der Waals surface area contributed by atoms with Gasteiger partial charge >= 0.3 is 0 Å². The van der Waals surface area contributed by atoms with Gasteiger partial charge in [0.05, 0.1) is 4.90 Å². The van der Waals surface area contributed by atoms with Crippen LogP contribution in [-0.4, -0.2) is 24.7 Å². The van der Waals surface area contributed by atoms with Crippen molar-refractivity contribution in [3.8, 4) is 0 Å². The van der Waals surface area contributed by atoms with Crippen molar-refractivity contribution < 1.29 is 18.1 Å². The fourth-order valence-corrected chi connectivity index (χ4v) is 5.33. The molecule has 0 heterocycles. The van der Waals surface area contributed by atoms with Crippen LogP contribution in [0.25, 0.3) is 0 Å². The van der Waals surface area contributed by atoms with E-state index in [1.54, 1.807) is 12.1 Å². The van der Waals surface area contributed by atoms with Gasteiger partial charge < -0.3 is 5.11 Å². The van der Waals surface area contributed by atoms with E-state index in [0.717, 1.165) is 23.8 Å². The van der Waals surface area contributed by atoms with Gasteiger partial charge in [-0.2, -0.15) is 8.42 Å². The van der Waals surface area contributed by atoms with E-state index in [-0.39, 0.29) is 4.90 Å². The molecule has 0 spiro atoms. The van der Waals surface area contributed by atoms with Crippen LogP contribution in [0.3, 0.4) is 0 Å². The summed E-state index contributed by atoms with van der Waals surface area (Å²) in [7, 11) is -4.02. The normalized spacial score (nSPS) is 17.1. The number of aliphatic hydroxyl groups is 1. The molecule has 1 aliphatic rings. The molecule has 0 unspecified atom stereocenters. The van der Waals surface area contributed by atoms with Gasteiger partial charge in [-0.05, 0) is 43.7 Å². The maximum absolute atomic E-state index is 10.5. The van der Waals surface area contributed by atoms with Crippen molar-refractivity contribution in [1.29, 1.82) is 0 Å².